The largest absolute Gasteiger partial charge is 0.454 e. The normalized spacial score (nSPS) is 11.9. The molecule has 0 bridgehead atoms. The SMILES string of the molecule is CC(C)(C)c1ccc(NC(N)=Nc2ccccc2Oc2cc(C=O)cc3ccccc23)cc1. The van der Waals surface area contributed by atoms with Crippen LogP contribution in [0.3, 0.4) is 0 Å². The van der Waals surface area contributed by atoms with E-state index in [-0.39, 0.29) is 11.4 Å². The van der Waals surface area contributed by atoms with Crippen molar-refractivity contribution in [1.82, 2.24) is 0 Å². The molecule has 0 spiro atoms. The fraction of sp³-hybridized carbons (Fsp3) is 0.143. The zero-order valence-electron chi connectivity index (χ0n) is 19.0. The van der Waals surface area contributed by atoms with Gasteiger partial charge in [0.2, 0.25) is 0 Å². The van der Waals surface area contributed by atoms with E-state index in [2.05, 4.69) is 43.2 Å². The van der Waals surface area contributed by atoms with E-state index in [9.17, 15) is 4.79 Å². The lowest BCUT2D eigenvalue weighted by molar-refractivity contribution is 0.112. The molecule has 3 N–H and O–H groups in total. The van der Waals surface area contributed by atoms with Crippen LogP contribution in [0.5, 0.6) is 11.5 Å². The van der Waals surface area contributed by atoms with Crippen LogP contribution in [0.4, 0.5) is 11.4 Å². The second-order valence-electron chi connectivity index (χ2n) is 8.88. The minimum Gasteiger partial charge on any atom is -0.454 e. The Morgan fingerprint density at radius 2 is 1.61 bits per heavy atom. The van der Waals surface area contributed by atoms with Crippen molar-refractivity contribution >= 4 is 34.4 Å². The Kier molecular flexibility index (Phi) is 6.13. The van der Waals surface area contributed by atoms with E-state index in [1.807, 2.05) is 66.7 Å². The van der Waals surface area contributed by atoms with E-state index in [0.717, 1.165) is 22.7 Å². The maximum absolute atomic E-state index is 11.4. The molecule has 0 unspecified atom stereocenters. The summed E-state index contributed by atoms with van der Waals surface area (Å²) in [4.78, 5) is 15.9. The van der Waals surface area contributed by atoms with Crippen LogP contribution in [0, 0.1) is 0 Å². The minimum absolute atomic E-state index is 0.0831. The Hall–Kier alpha value is -4.12. The van der Waals surface area contributed by atoms with Gasteiger partial charge in [0.05, 0.1) is 0 Å². The van der Waals surface area contributed by atoms with E-state index in [1.54, 1.807) is 6.07 Å². The number of nitrogens with two attached hydrogens (primary N) is 1. The Balaban J connectivity index is 1.61. The van der Waals surface area contributed by atoms with Crippen molar-refractivity contribution < 1.29 is 9.53 Å². The van der Waals surface area contributed by atoms with Crippen LogP contribution in [-0.2, 0) is 5.41 Å². The molecule has 4 rings (SSSR count). The zero-order chi connectivity index (χ0) is 23.4. The molecule has 0 amide bonds. The number of nitrogens with zero attached hydrogens (tertiary/aromatic N) is 1. The Morgan fingerprint density at radius 1 is 0.909 bits per heavy atom. The third-order valence-corrected chi connectivity index (χ3v) is 5.33. The van der Waals surface area contributed by atoms with Gasteiger partial charge in [-0.2, -0.15) is 0 Å². The highest BCUT2D eigenvalue weighted by molar-refractivity contribution is 5.95. The van der Waals surface area contributed by atoms with Gasteiger partial charge in [-0.3, -0.25) is 4.79 Å². The average molecular weight is 438 g/mol. The smallest absolute Gasteiger partial charge is 0.198 e. The average Bonchev–Trinajstić information content (AvgIpc) is 2.80. The molecule has 4 aromatic carbocycles. The standard InChI is InChI=1S/C28H27N3O2/c1-28(2,3)21-12-14-22(15-13-21)30-27(29)31-24-10-6-7-11-25(24)33-26-17-19(18-32)16-20-8-4-5-9-23(20)26/h4-18H,1-3H3,(H3,29,30,31). The van der Waals surface area contributed by atoms with Crippen molar-refractivity contribution in [3.05, 3.63) is 96.1 Å². The number of fused-ring (bicyclic) bond motifs is 1. The number of nitrogens with one attached hydrogen (secondary N) is 1. The van der Waals surface area contributed by atoms with Crippen molar-refractivity contribution in [2.24, 2.45) is 10.7 Å². The van der Waals surface area contributed by atoms with Gasteiger partial charge < -0.3 is 15.8 Å². The molecule has 0 heterocycles. The van der Waals surface area contributed by atoms with Gasteiger partial charge in [-0.1, -0.05) is 69.3 Å². The number of aliphatic imine (C=N–C) groups is 1. The number of guanidine groups is 1. The summed E-state index contributed by atoms with van der Waals surface area (Å²) in [6, 6.07) is 26.9. The number of aldehydes is 1. The highest BCUT2D eigenvalue weighted by atomic mass is 16.5. The van der Waals surface area contributed by atoms with Crippen LogP contribution in [0.1, 0.15) is 36.7 Å². The number of anilines is 1. The zero-order valence-corrected chi connectivity index (χ0v) is 19.0. The van der Waals surface area contributed by atoms with Gasteiger partial charge >= 0.3 is 0 Å². The van der Waals surface area contributed by atoms with Gasteiger partial charge in [0.15, 0.2) is 11.7 Å². The fourth-order valence-corrected chi connectivity index (χ4v) is 3.56. The Labute approximate surface area is 193 Å². The van der Waals surface area contributed by atoms with Crippen molar-refractivity contribution in [1.29, 1.82) is 0 Å². The topological polar surface area (TPSA) is 76.7 Å². The monoisotopic (exact) mass is 437 g/mol. The van der Waals surface area contributed by atoms with Gasteiger partial charge in [0, 0.05) is 16.6 Å². The summed E-state index contributed by atoms with van der Waals surface area (Å²) in [5, 5.41) is 4.97. The second-order valence-corrected chi connectivity index (χ2v) is 8.88. The number of benzene rings is 4. The molecule has 0 saturated heterocycles. The third kappa shape index (κ3) is 5.21. The van der Waals surface area contributed by atoms with Crippen molar-refractivity contribution in [3.63, 3.8) is 0 Å². The highest BCUT2D eigenvalue weighted by Gasteiger charge is 2.13. The number of carbonyl (C=O) groups excluding carboxylic acids is 1. The van der Waals surface area contributed by atoms with E-state index in [4.69, 9.17) is 10.5 Å². The van der Waals surface area contributed by atoms with Crippen LogP contribution in [-0.4, -0.2) is 12.2 Å². The quantitative estimate of drug-likeness (QED) is 0.204. The molecule has 0 radical (unpaired) electrons. The number of hydrogen-bond donors (Lipinski definition) is 2. The lowest BCUT2D eigenvalue weighted by Gasteiger charge is -2.19. The number of carbonyl (C=O) groups is 1. The van der Waals surface area contributed by atoms with Gasteiger partial charge in [-0.05, 0) is 52.8 Å². The molecule has 0 aromatic heterocycles. The molecular weight excluding hydrogens is 410 g/mol. The van der Waals surface area contributed by atoms with Crippen LogP contribution in [0.2, 0.25) is 0 Å². The molecule has 5 nitrogen and oxygen atoms in total. The molecule has 0 saturated carbocycles. The van der Waals surface area contributed by atoms with Gasteiger partial charge in [-0.25, -0.2) is 4.99 Å². The van der Waals surface area contributed by atoms with E-state index in [0.29, 0.717) is 22.7 Å². The first-order valence-corrected chi connectivity index (χ1v) is 10.8. The minimum atomic E-state index is 0.0831. The maximum Gasteiger partial charge on any atom is 0.198 e. The summed E-state index contributed by atoms with van der Waals surface area (Å²) in [5.74, 6) is 1.38. The molecular formula is C28H27N3O2. The first-order valence-electron chi connectivity index (χ1n) is 10.8. The van der Waals surface area contributed by atoms with Crippen LogP contribution in [0.25, 0.3) is 10.8 Å². The Morgan fingerprint density at radius 3 is 2.33 bits per heavy atom. The van der Waals surface area contributed by atoms with Crippen molar-refractivity contribution in [2.75, 3.05) is 5.32 Å². The number of rotatable bonds is 5. The van der Waals surface area contributed by atoms with Crippen molar-refractivity contribution in [3.8, 4) is 11.5 Å². The van der Waals surface area contributed by atoms with Gasteiger partial charge in [0.25, 0.3) is 0 Å². The maximum atomic E-state index is 11.4. The van der Waals surface area contributed by atoms with Crippen LogP contribution in [0.15, 0.2) is 89.9 Å². The number of hydrogen-bond acceptors (Lipinski definition) is 3. The van der Waals surface area contributed by atoms with E-state index >= 15 is 0 Å². The number of ether oxygens (including phenoxy) is 1. The summed E-state index contributed by atoms with van der Waals surface area (Å²) in [5.41, 5.74) is 9.50. The highest BCUT2D eigenvalue weighted by Crippen LogP contribution is 2.36. The molecule has 166 valence electrons. The summed E-state index contributed by atoms with van der Waals surface area (Å²) in [7, 11) is 0. The third-order valence-electron chi connectivity index (χ3n) is 5.33. The molecule has 5 heteroatoms. The van der Waals surface area contributed by atoms with Crippen LogP contribution < -0.4 is 15.8 Å². The number of para-hydroxylation sites is 2. The molecule has 4 aromatic rings. The molecule has 0 aliphatic rings. The predicted octanol–water partition coefficient (Wildman–Crippen LogP) is 6.80. The molecule has 0 aliphatic heterocycles. The first kappa shape index (κ1) is 22.1. The Bertz CT molecular complexity index is 1320. The van der Waals surface area contributed by atoms with Crippen LogP contribution >= 0.6 is 0 Å². The van der Waals surface area contributed by atoms with E-state index < -0.39 is 0 Å². The van der Waals surface area contributed by atoms with Crippen molar-refractivity contribution in [2.45, 2.75) is 26.2 Å². The lowest BCUT2D eigenvalue weighted by Crippen LogP contribution is -2.22. The van der Waals surface area contributed by atoms with E-state index in [1.165, 1.54) is 5.56 Å². The molecule has 33 heavy (non-hydrogen) atoms. The second kappa shape index (κ2) is 9.17. The molecule has 0 atom stereocenters. The van der Waals surface area contributed by atoms with Gasteiger partial charge in [0.1, 0.15) is 17.7 Å². The first-order chi connectivity index (χ1) is 15.8. The predicted molar refractivity (Wildman–Crippen MR) is 136 cm³/mol. The molecule has 0 fully saturated rings. The molecule has 0 aliphatic carbocycles. The summed E-state index contributed by atoms with van der Waals surface area (Å²) >= 11 is 0. The van der Waals surface area contributed by atoms with Gasteiger partial charge in [-0.15, -0.1) is 0 Å². The lowest BCUT2D eigenvalue weighted by atomic mass is 9.87. The summed E-state index contributed by atoms with van der Waals surface area (Å²) in [6.07, 6.45) is 0.816. The summed E-state index contributed by atoms with van der Waals surface area (Å²) in [6.45, 7) is 6.53. The summed E-state index contributed by atoms with van der Waals surface area (Å²) < 4.78 is 6.22. The fourth-order valence-electron chi connectivity index (χ4n) is 3.56.